The molecule has 0 fully saturated rings. The van der Waals surface area contributed by atoms with Gasteiger partial charge >= 0.3 is 0 Å². The summed E-state index contributed by atoms with van der Waals surface area (Å²) in [5.74, 6) is 1.62. The quantitative estimate of drug-likeness (QED) is 0.802. The molecule has 0 saturated carbocycles. The summed E-state index contributed by atoms with van der Waals surface area (Å²) in [5, 5.41) is 3.49. The minimum Gasteiger partial charge on any atom is -0.309 e. The van der Waals surface area contributed by atoms with Crippen molar-refractivity contribution in [2.75, 3.05) is 0 Å². The smallest absolute Gasteiger partial charge is 0.125 e. The van der Waals surface area contributed by atoms with E-state index in [4.69, 9.17) is 0 Å². The van der Waals surface area contributed by atoms with Crippen molar-refractivity contribution < 1.29 is 0 Å². The number of nitrogens with one attached hydrogen (secondary N) is 1. The van der Waals surface area contributed by atoms with E-state index in [1.54, 1.807) is 0 Å². The summed E-state index contributed by atoms with van der Waals surface area (Å²) in [7, 11) is 0. The number of rotatable bonds is 6. The van der Waals surface area contributed by atoms with Gasteiger partial charge in [-0.2, -0.15) is 0 Å². The van der Waals surface area contributed by atoms with E-state index in [1.807, 2.05) is 19.2 Å². The van der Waals surface area contributed by atoms with E-state index in [0.717, 1.165) is 24.0 Å². The minimum atomic E-state index is 0.553. The van der Waals surface area contributed by atoms with Crippen molar-refractivity contribution in [2.45, 2.75) is 53.1 Å². The molecule has 0 spiro atoms. The zero-order valence-electron chi connectivity index (χ0n) is 10.8. The average Bonchev–Trinajstić information content (AvgIpc) is 2.23. The first-order chi connectivity index (χ1) is 7.58. The topological polar surface area (TPSA) is 37.8 Å². The molecule has 0 amide bonds. The molecule has 0 aliphatic rings. The Morgan fingerprint density at radius 2 is 2.00 bits per heavy atom. The van der Waals surface area contributed by atoms with Gasteiger partial charge in [0, 0.05) is 18.8 Å². The number of hydrogen-bond donors (Lipinski definition) is 1. The summed E-state index contributed by atoms with van der Waals surface area (Å²) in [6.07, 6.45) is 4.32. The molecule has 0 aromatic carbocycles. The van der Waals surface area contributed by atoms with Gasteiger partial charge in [-0.15, -0.1) is 0 Å². The molecule has 0 saturated heterocycles. The highest BCUT2D eigenvalue weighted by molar-refractivity contribution is 5.01. The monoisotopic (exact) mass is 221 g/mol. The Bertz CT molecular complexity index is 310. The highest BCUT2D eigenvalue weighted by Gasteiger charge is 2.03. The Labute approximate surface area is 98.7 Å². The molecule has 0 radical (unpaired) electrons. The van der Waals surface area contributed by atoms with E-state index in [2.05, 4.69) is 36.1 Å². The maximum absolute atomic E-state index is 4.37. The van der Waals surface area contributed by atoms with E-state index in [9.17, 15) is 0 Å². The Morgan fingerprint density at radius 1 is 1.25 bits per heavy atom. The lowest BCUT2D eigenvalue weighted by Gasteiger charge is -2.14. The fourth-order valence-corrected chi connectivity index (χ4v) is 1.57. The van der Waals surface area contributed by atoms with Crippen LogP contribution in [0.15, 0.2) is 12.3 Å². The van der Waals surface area contributed by atoms with Crippen LogP contribution in [-0.4, -0.2) is 16.0 Å². The van der Waals surface area contributed by atoms with Gasteiger partial charge in [-0.3, -0.25) is 0 Å². The van der Waals surface area contributed by atoms with Crippen molar-refractivity contribution in [1.29, 1.82) is 0 Å². The van der Waals surface area contributed by atoms with Crippen LogP contribution < -0.4 is 5.32 Å². The molecule has 3 heteroatoms. The summed E-state index contributed by atoms with van der Waals surface area (Å²) < 4.78 is 0. The molecule has 90 valence electrons. The van der Waals surface area contributed by atoms with Crippen LogP contribution in [0.25, 0.3) is 0 Å². The maximum atomic E-state index is 4.37. The average molecular weight is 221 g/mol. The van der Waals surface area contributed by atoms with E-state index < -0.39 is 0 Å². The molecule has 0 bridgehead atoms. The first-order valence-electron chi connectivity index (χ1n) is 6.10. The molecule has 0 aliphatic heterocycles. The van der Waals surface area contributed by atoms with Gasteiger partial charge in [-0.25, -0.2) is 9.97 Å². The molecule has 3 nitrogen and oxygen atoms in total. The van der Waals surface area contributed by atoms with Crippen molar-refractivity contribution >= 4 is 0 Å². The first kappa shape index (κ1) is 13.1. The van der Waals surface area contributed by atoms with Crippen LogP contribution in [0.2, 0.25) is 0 Å². The second kappa shape index (κ2) is 6.59. The third kappa shape index (κ3) is 5.21. The van der Waals surface area contributed by atoms with Crippen molar-refractivity contribution in [1.82, 2.24) is 15.3 Å². The highest BCUT2D eigenvalue weighted by atomic mass is 14.9. The summed E-state index contributed by atoms with van der Waals surface area (Å²) in [6.45, 7) is 9.52. The van der Waals surface area contributed by atoms with Gasteiger partial charge in [0.25, 0.3) is 0 Å². The summed E-state index contributed by atoms with van der Waals surface area (Å²) in [6, 6.07) is 2.52. The van der Waals surface area contributed by atoms with Gasteiger partial charge in [0.2, 0.25) is 0 Å². The van der Waals surface area contributed by atoms with Crippen molar-refractivity contribution in [3.05, 3.63) is 23.8 Å². The minimum absolute atomic E-state index is 0.553. The SMILES string of the molecule is Cc1nccc(CNC(C)CCC(C)C)n1. The first-order valence-corrected chi connectivity index (χ1v) is 6.10. The molecule has 1 atom stereocenters. The van der Waals surface area contributed by atoms with Gasteiger partial charge in [-0.1, -0.05) is 13.8 Å². The predicted molar refractivity (Wildman–Crippen MR) is 67.1 cm³/mol. The Hall–Kier alpha value is -0.960. The molecule has 1 aromatic heterocycles. The number of hydrogen-bond acceptors (Lipinski definition) is 3. The van der Waals surface area contributed by atoms with E-state index in [-0.39, 0.29) is 0 Å². The Balaban J connectivity index is 2.28. The van der Waals surface area contributed by atoms with Crippen LogP contribution in [0, 0.1) is 12.8 Å². The predicted octanol–water partition coefficient (Wildman–Crippen LogP) is 2.70. The normalized spacial score (nSPS) is 13.1. The largest absolute Gasteiger partial charge is 0.309 e. The lowest BCUT2D eigenvalue weighted by atomic mass is 10.0. The van der Waals surface area contributed by atoms with Gasteiger partial charge in [-0.05, 0) is 38.7 Å². The van der Waals surface area contributed by atoms with Gasteiger partial charge in [0.05, 0.1) is 5.69 Å². The third-order valence-electron chi connectivity index (χ3n) is 2.64. The zero-order chi connectivity index (χ0) is 12.0. The fraction of sp³-hybridized carbons (Fsp3) is 0.692. The zero-order valence-corrected chi connectivity index (χ0v) is 10.8. The number of aryl methyl sites for hydroxylation is 1. The Kier molecular flexibility index (Phi) is 5.39. The molecular weight excluding hydrogens is 198 g/mol. The number of nitrogens with zero attached hydrogens (tertiary/aromatic N) is 2. The van der Waals surface area contributed by atoms with Crippen molar-refractivity contribution in [3.63, 3.8) is 0 Å². The van der Waals surface area contributed by atoms with Crippen LogP contribution in [0.4, 0.5) is 0 Å². The molecule has 16 heavy (non-hydrogen) atoms. The van der Waals surface area contributed by atoms with Crippen molar-refractivity contribution in [3.8, 4) is 0 Å². The molecule has 1 rings (SSSR count). The number of aromatic nitrogens is 2. The molecular formula is C13H23N3. The second-order valence-electron chi connectivity index (χ2n) is 4.85. The lowest BCUT2D eigenvalue weighted by Crippen LogP contribution is -2.26. The summed E-state index contributed by atoms with van der Waals surface area (Å²) in [5.41, 5.74) is 1.07. The van der Waals surface area contributed by atoms with Gasteiger partial charge in [0.15, 0.2) is 0 Å². The fourth-order valence-electron chi connectivity index (χ4n) is 1.57. The maximum Gasteiger partial charge on any atom is 0.125 e. The lowest BCUT2D eigenvalue weighted by molar-refractivity contribution is 0.448. The molecule has 0 aliphatic carbocycles. The van der Waals surface area contributed by atoms with Crippen LogP contribution in [0.3, 0.4) is 0 Å². The van der Waals surface area contributed by atoms with Crippen LogP contribution >= 0.6 is 0 Å². The summed E-state index contributed by atoms with van der Waals surface area (Å²) in [4.78, 5) is 8.45. The standard InChI is InChI=1S/C13H23N3/c1-10(2)5-6-11(3)15-9-13-7-8-14-12(4)16-13/h7-8,10-11,15H,5-6,9H2,1-4H3. The molecule has 1 aromatic rings. The van der Waals surface area contributed by atoms with Gasteiger partial charge < -0.3 is 5.32 Å². The third-order valence-corrected chi connectivity index (χ3v) is 2.64. The molecule has 1 unspecified atom stereocenters. The van der Waals surface area contributed by atoms with E-state index in [0.29, 0.717) is 6.04 Å². The summed E-state index contributed by atoms with van der Waals surface area (Å²) >= 11 is 0. The van der Waals surface area contributed by atoms with Crippen LogP contribution in [0.5, 0.6) is 0 Å². The van der Waals surface area contributed by atoms with Crippen molar-refractivity contribution in [2.24, 2.45) is 5.92 Å². The highest BCUT2D eigenvalue weighted by Crippen LogP contribution is 2.06. The van der Waals surface area contributed by atoms with E-state index >= 15 is 0 Å². The van der Waals surface area contributed by atoms with Crippen LogP contribution in [0.1, 0.15) is 45.1 Å². The van der Waals surface area contributed by atoms with E-state index in [1.165, 1.54) is 12.8 Å². The second-order valence-corrected chi connectivity index (χ2v) is 4.85. The molecule has 1 heterocycles. The van der Waals surface area contributed by atoms with Crippen LogP contribution in [-0.2, 0) is 6.54 Å². The molecule has 1 N–H and O–H groups in total. The van der Waals surface area contributed by atoms with Gasteiger partial charge in [0.1, 0.15) is 5.82 Å². The Morgan fingerprint density at radius 3 is 2.62 bits per heavy atom.